The molecule has 3 aromatic carbocycles. The van der Waals surface area contributed by atoms with E-state index in [9.17, 15) is 15.2 Å². The van der Waals surface area contributed by atoms with Gasteiger partial charge in [0.25, 0.3) is 5.69 Å². The van der Waals surface area contributed by atoms with Gasteiger partial charge in [-0.1, -0.05) is 23.7 Å². The molecule has 3 rings (SSSR count). The zero-order valence-corrected chi connectivity index (χ0v) is 19.9. The van der Waals surface area contributed by atoms with Crippen LogP contribution in [0.2, 0.25) is 0 Å². The van der Waals surface area contributed by atoms with E-state index in [0.717, 1.165) is 17.8 Å². The molecule has 35 heavy (non-hydrogen) atoms. The molecule has 0 aromatic heterocycles. The largest absolute Gasteiger partial charge is 0.495 e. The predicted molar refractivity (Wildman–Crippen MR) is 136 cm³/mol. The van der Waals surface area contributed by atoms with Crippen LogP contribution in [0.4, 0.5) is 11.4 Å². The fourth-order valence-electron chi connectivity index (χ4n) is 3.38. The van der Waals surface area contributed by atoms with Crippen molar-refractivity contribution in [2.45, 2.75) is 6.92 Å². The lowest BCUT2D eigenvalue weighted by atomic mass is 10.1. The third-order valence-electron chi connectivity index (χ3n) is 5.27. The van der Waals surface area contributed by atoms with E-state index >= 15 is 0 Å². The molecule has 1 N–H and O–H groups in total. The van der Waals surface area contributed by atoms with Crippen molar-refractivity contribution in [2.24, 2.45) is 0 Å². The van der Waals surface area contributed by atoms with Crippen molar-refractivity contribution < 1.29 is 19.5 Å². The van der Waals surface area contributed by atoms with Gasteiger partial charge in [0.1, 0.15) is 11.5 Å². The zero-order valence-electron chi connectivity index (χ0n) is 19.9. The number of ether oxygens (including phenoxy) is 2. The number of nitrogens with zero attached hydrogens (tertiary/aromatic N) is 2. The lowest BCUT2D eigenvalue weighted by Crippen LogP contribution is -2.25. The number of hydrogen-bond donors (Lipinski definition) is 1. The third-order valence-corrected chi connectivity index (χ3v) is 5.27. The van der Waals surface area contributed by atoms with E-state index in [1.807, 2.05) is 31.2 Å². The van der Waals surface area contributed by atoms with Crippen LogP contribution >= 0.6 is 0 Å². The van der Waals surface area contributed by atoms with Gasteiger partial charge in [0, 0.05) is 54.2 Å². The lowest BCUT2D eigenvalue weighted by molar-refractivity contribution is -0.384. The highest BCUT2D eigenvalue weighted by Crippen LogP contribution is 2.28. The second kappa shape index (κ2) is 12.1. The summed E-state index contributed by atoms with van der Waals surface area (Å²) in [6.45, 7) is 3.54. The van der Waals surface area contributed by atoms with Crippen LogP contribution in [0, 0.1) is 33.8 Å². The number of nitro benzene ring substituents is 1. The molecule has 0 fully saturated rings. The Labute approximate surface area is 205 Å². The molecule has 178 valence electrons. The highest BCUT2D eigenvalue weighted by molar-refractivity contribution is 5.61. The Hall–Kier alpha value is -4.46. The summed E-state index contributed by atoms with van der Waals surface area (Å²) in [7, 11) is 3.12. The summed E-state index contributed by atoms with van der Waals surface area (Å²) in [6, 6.07) is 17.4. The van der Waals surface area contributed by atoms with Crippen LogP contribution in [0.3, 0.4) is 0 Å². The molecular weight excluding hydrogens is 444 g/mol. The summed E-state index contributed by atoms with van der Waals surface area (Å²) >= 11 is 0. The maximum Gasteiger partial charge on any atom is 0.269 e. The van der Waals surface area contributed by atoms with E-state index < -0.39 is 4.92 Å². The van der Waals surface area contributed by atoms with E-state index in [0.29, 0.717) is 34.7 Å². The number of hydrogen-bond acceptors (Lipinski definition) is 6. The molecular formula is C28H26N2O5. The Morgan fingerprint density at radius 1 is 0.857 bits per heavy atom. The molecule has 0 atom stereocenters. The molecule has 0 unspecified atom stereocenters. The minimum atomic E-state index is -0.448. The molecule has 0 saturated heterocycles. The van der Waals surface area contributed by atoms with Crippen LogP contribution < -0.4 is 14.4 Å². The molecule has 0 radical (unpaired) electrons. The average molecular weight is 471 g/mol. The topological polar surface area (TPSA) is 85.1 Å². The Morgan fingerprint density at radius 3 is 1.74 bits per heavy atom. The van der Waals surface area contributed by atoms with Crippen molar-refractivity contribution in [1.29, 1.82) is 0 Å². The maximum atomic E-state index is 10.8. The Morgan fingerprint density at radius 2 is 1.34 bits per heavy atom. The first-order chi connectivity index (χ1) is 17.0. The number of methoxy groups -OCH3 is 2. The number of anilines is 1. The van der Waals surface area contributed by atoms with Crippen LogP contribution in [0.25, 0.3) is 0 Å². The van der Waals surface area contributed by atoms with E-state index in [4.69, 9.17) is 9.47 Å². The molecule has 0 aliphatic heterocycles. The molecule has 0 amide bonds. The van der Waals surface area contributed by atoms with Crippen molar-refractivity contribution in [3.63, 3.8) is 0 Å². The van der Waals surface area contributed by atoms with Gasteiger partial charge in [0.05, 0.1) is 36.9 Å². The highest BCUT2D eigenvalue weighted by atomic mass is 16.6. The van der Waals surface area contributed by atoms with Crippen molar-refractivity contribution in [3.8, 4) is 35.2 Å². The smallest absolute Gasteiger partial charge is 0.269 e. The number of aliphatic hydroxyl groups is 1. The second-order valence-corrected chi connectivity index (χ2v) is 7.41. The molecule has 0 aliphatic carbocycles. The van der Waals surface area contributed by atoms with Crippen LogP contribution in [0.15, 0.2) is 60.7 Å². The van der Waals surface area contributed by atoms with E-state index in [1.165, 1.54) is 12.1 Å². The van der Waals surface area contributed by atoms with Gasteiger partial charge in [-0.15, -0.1) is 0 Å². The molecule has 3 aromatic rings. The van der Waals surface area contributed by atoms with Crippen molar-refractivity contribution in [1.82, 2.24) is 0 Å². The number of benzene rings is 3. The molecule has 0 heterocycles. The quantitative estimate of drug-likeness (QED) is 0.316. The van der Waals surface area contributed by atoms with Crippen molar-refractivity contribution in [2.75, 3.05) is 38.8 Å². The second-order valence-electron chi connectivity index (χ2n) is 7.41. The maximum absolute atomic E-state index is 10.8. The monoisotopic (exact) mass is 470 g/mol. The number of nitro groups is 1. The highest BCUT2D eigenvalue weighted by Gasteiger charge is 2.09. The molecule has 0 aliphatic rings. The van der Waals surface area contributed by atoms with Crippen LogP contribution in [-0.4, -0.2) is 43.9 Å². The zero-order chi connectivity index (χ0) is 25.2. The number of rotatable bonds is 7. The van der Waals surface area contributed by atoms with E-state index in [1.54, 1.807) is 38.5 Å². The molecule has 0 bridgehead atoms. The van der Waals surface area contributed by atoms with Gasteiger partial charge in [0.15, 0.2) is 0 Å². The summed E-state index contributed by atoms with van der Waals surface area (Å²) in [6.07, 6.45) is 0. The SMILES string of the molecule is CCN(CCO)c1ccc(C#Cc2cc(OC)c(C#Cc3ccc([N+](=O)[O-])cc3)cc2OC)cc1. The Bertz CT molecular complexity index is 1290. The fraction of sp³-hybridized carbons (Fsp3) is 0.214. The van der Waals surface area contributed by atoms with Crippen LogP contribution in [0.5, 0.6) is 11.5 Å². The van der Waals surface area contributed by atoms with Crippen molar-refractivity contribution in [3.05, 3.63) is 93.0 Å². The van der Waals surface area contributed by atoms with Gasteiger partial charge in [0.2, 0.25) is 0 Å². The first kappa shape index (κ1) is 25.2. The standard InChI is InChI=1S/C28H26N2O5/c1-4-29(17-18-31)25-13-7-21(8-14-25)5-11-23-19-28(35-3)24(20-27(23)34-2)12-6-22-9-15-26(16-10-22)30(32)33/h7-10,13-16,19-20,31H,4,17-18H2,1-3H3. The number of aliphatic hydroxyl groups excluding tert-OH is 1. The molecule has 0 saturated carbocycles. The lowest BCUT2D eigenvalue weighted by Gasteiger charge is -2.21. The van der Waals surface area contributed by atoms with Crippen LogP contribution in [0.1, 0.15) is 29.2 Å². The van der Waals surface area contributed by atoms with E-state index in [-0.39, 0.29) is 12.3 Å². The average Bonchev–Trinajstić information content (AvgIpc) is 2.89. The first-order valence-corrected chi connectivity index (χ1v) is 11.0. The fourth-order valence-corrected chi connectivity index (χ4v) is 3.38. The predicted octanol–water partition coefficient (Wildman–Crippen LogP) is 4.23. The molecule has 0 spiro atoms. The first-order valence-electron chi connectivity index (χ1n) is 11.0. The van der Waals surface area contributed by atoms with Crippen LogP contribution in [-0.2, 0) is 0 Å². The number of non-ortho nitro benzene ring substituents is 1. The molecule has 7 nitrogen and oxygen atoms in total. The van der Waals surface area contributed by atoms with Gasteiger partial charge in [-0.2, -0.15) is 0 Å². The van der Waals surface area contributed by atoms with Gasteiger partial charge < -0.3 is 19.5 Å². The van der Waals surface area contributed by atoms with Crippen molar-refractivity contribution >= 4 is 11.4 Å². The summed E-state index contributed by atoms with van der Waals surface area (Å²) in [4.78, 5) is 12.5. The normalized spacial score (nSPS) is 9.83. The van der Waals surface area contributed by atoms with Gasteiger partial charge >= 0.3 is 0 Å². The summed E-state index contributed by atoms with van der Waals surface area (Å²) in [5.74, 6) is 13.4. The summed E-state index contributed by atoms with van der Waals surface area (Å²) in [5.41, 5.74) is 3.80. The third kappa shape index (κ3) is 6.54. The Balaban J connectivity index is 1.87. The minimum absolute atomic E-state index is 0.0141. The Kier molecular flexibility index (Phi) is 8.72. The number of likely N-dealkylation sites (N-methyl/N-ethyl adjacent to an activating group) is 1. The summed E-state index contributed by atoms with van der Waals surface area (Å²) < 4.78 is 11.0. The summed E-state index contributed by atoms with van der Waals surface area (Å²) in [5, 5.41) is 20.0. The van der Waals surface area contributed by atoms with Gasteiger partial charge in [-0.25, -0.2) is 0 Å². The van der Waals surface area contributed by atoms with E-state index in [2.05, 4.69) is 28.6 Å². The van der Waals surface area contributed by atoms with Gasteiger partial charge in [-0.3, -0.25) is 10.1 Å². The molecule has 7 heteroatoms. The minimum Gasteiger partial charge on any atom is -0.495 e. The van der Waals surface area contributed by atoms with Gasteiger partial charge in [-0.05, 0) is 43.3 Å².